The van der Waals surface area contributed by atoms with Crippen molar-refractivity contribution in [1.82, 2.24) is 19.7 Å². The van der Waals surface area contributed by atoms with Crippen LogP contribution in [0.15, 0.2) is 11.0 Å². The minimum absolute atomic E-state index is 0.0811. The number of aromatic nitrogens is 4. The molecular weight excluding hydrogens is 296 g/mol. The minimum atomic E-state index is -0.221. The third-order valence-electron chi connectivity index (χ3n) is 4.93. The minimum Gasteiger partial charge on any atom is -0.466 e. The highest BCUT2D eigenvalue weighted by Gasteiger charge is 2.26. The van der Waals surface area contributed by atoms with Crippen molar-refractivity contribution in [1.29, 1.82) is 0 Å². The Bertz CT molecular complexity index is 788. The Morgan fingerprint density at radius 3 is 2.87 bits per heavy atom. The number of cyclic esters (lactones) is 1. The molecule has 2 fully saturated rings. The molecule has 7 heteroatoms. The van der Waals surface area contributed by atoms with Gasteiger partial charge in [0.1, 0.15) is 11.2 Å². The van der Waals surface area contributed by atoms with E-state index in [1.807, 2.05) is 0 Å². The van der Waals surface area contributed by atoms with Gasteiger partial charge < -0.3 is 9.72 Å². The van der Waals surface area contributed by atoms with Crippen LogP contribution in [0.2, 0.25) is 0 Å². The van der Waals surface area contributed by atoms with Gasteiger partial charge in [0.25, 0.3) is 5.56 Å². The second-order valence-electron chi connectivity index (χ2n) is 6.56. The molecule has 3 heterocycles. The van der Waals surface area contributed by atoms with Crippen molar-refractivity contribution in [3.8, 4) is 0 Å². The smallest absolute Gasteiger partial charge is 0.307 e. The molecule has 4 rings (SSSR count). The molecule has 2 aromatic heterocycles. The maximum atomic E-state index is 12.3. The number of ether oxygens (including phenoxy) is 1. The molecule has 0 aromatic carbocycles. The Kier molecular flexibility index (Phi) is 3.63. The Balaban J connectivity index is 1.69. The molecular formula is C16H20N4O3. The number of fused-ring (bicyclic) bond motifs is 1. The number of nitrogens with one attached hydrogen (secondary N) is 1. The first-order chi connectivity index (χ1) is 11.2. The zero-order chi connectivity index (χ0) is 15.8. The van der Waals surface area contributed by atoms with Crippen LogP contribution in [0.5, 0.6) is 0 Å². The van der Waals surface area contributed by atoms with Gasteiger partial charge in [0.05, 0.1) is 25.3 Å². The lowest BCUT2D eigenvalue weighted by atomic mass is 10.0. The van der Waals surface area contributed by atoms with E-state index in [1.54, 1.807) is 10.9 Å². The van der Waals surface area contributed by atoms with Crippen molar-refractivity contribution in [3.05, 3.63) is 22.4 Å². The summed E-state index contributed by atoms with van der Waals surface area (Å²) in [5, 5.41) is 4.80. The summed E-state index contributed by atoms with van der Waals surface area (Å²) in [6.45, 7) is 0.392. The van der Waals surface area contributed by atoms with Crippen molar-refractivity contribution in [2.45, 2.75) is 51.0 Å². The van der Waals surface area contributed by atoms with Crippen molar-refractivity contribution < 1.29 is 9.53 Å². The molecule has 122 valence electrons. The van der Waals surface area contributed by atoms with Gasteiger partial charge in [0.15, 0.2) is 5.65 Å². The molecule has 0 amide bonds. The lowest BCUT2D eigenvalue weighted by Gasteiger charge is -2.22. The summed E-state index contributed by atoms with van der Waals surface area (Å²) >= 11 is 0. The Labute approximate surface area is 133 Å². The number of carbonyl (C=O) groups excluding carboxylic acids is 1. The lowest BCUT2D eigenvalue weighted by molar-refractivity contribution is -0.148. The molecule has 1 N–H and O–H groups in total. The van der Waals surface area contributed by atoms with Gasteiger partial charge in [-0.3, -0.25) is 9.59 Å². The van der Waals surface area contributed by atoms with E-state index < -0.39 is 0 Å². The SMILES string of the molecule is O=C1CC(n2ncc3c(=O)[nH]c(CC4CCCC4)nc32)CCO1. The predicted octanol–water partition coefficient (Wildman–Crippen LogP) is 1.73. The van der Waals surface area contributed by atoms with E-state index in [0.29, 0.717) is 30.0 Å². The standard InChI is InChI=1S/C16H20N4O3/c21-14-8-11(5-6-23-14)20-15-12(9-17-20)16(22)19-13(18-15)7-10-3-1-2-4-10/h9-11H,1-8H2,(H,18,19,22). The molecule has 0 radical (unpaired) electrons. The molecule has 1 saturated heterocycles. The van der Waals surface area contributed by atoms with E-state index in [9.17, 15) is 9.59 Å². The molecule has 1 saturated carbocycles. The number of hydrogen-bond acceptors (Lipinski definition) is 5. The highest BCUT2D eigenvalue weighted by Crippen LogP contribution is 2.28. The van der Waals surface area contributed by atoms with Gasteiger partial charge in [-0.15, -0.1) is 0 Å². The van der Waals surface area contributed by atoms with Gasteiger partial charge in [0, 0.05) is 12.8 Å². The number of H-pyrrole nitrogens is 1. The summed E-state index contributed by atoms with van der Waals surface area (Å²) in [5.41, 5.74) is 0.439. The van der Waals surface area contributed by atoms with E-state index in [2.05, 4.69) is 15.1 Å². The fourth-order valence-corrected chi connectivity index (χ4v) is 3.70. The highest BCUT2D eigenvalue weighted by atomic mass is 16.5. The lowest BCUT2D eigenvalue weighted by Crippen LogP contribution is -2.25. The van der Waals surface area contributed by atoms with E-state index in [1.165, 1.54) is 25.7 Å². The Morgan fingerprint density at radius 2 is 2.09 bits per heavy atom. The Morgan fingerprint density at radius 1 is 1.26 bits per heavy atom. The number of hydrogen-bond donors (Lipinski definition) is 1. The third kappa shape index (κ3) is 2.75. The topological polar surface area (TPSA) is 89.9 Å². The fraction of sp³-hybridized carbons (Fsp3) is 0.625. The van der Waals surface area contributed by atoms with Gasteiger partial charge in [-0.05, 0) is 5.92 Å². The first kappa shape index (κ1) is 14.4. The molecule has 1 aliphatic carbocycles. The summed E-state index contributed by atoms with van der Waals surface area (Å²) in [5.74, 6) is 1.12. The average molecular weight is 316 g/mol. The van der Waals surface area contributed by atoms with E-state index in [-0.39, 0.29) is 24.0 Å². The number of carbonyl (C=O) groups is 1. The summed E-state index contributed by atoms with van der Waals surface area (Å²) < 4.78 is 6.71. The number of aromatic amines is 1. The van der Waals surface area contributed by atoms with Crippen molar-refractivity contribution in [2.75, 3.05) is 6.61 Å². The zero-order valence-electron chi connectivity index (χ0n) is 13.0. The summed E-state index contributed by atoms with van der Waals surface area (Å²) in [6, 6.07) is -0.0811. The quantitative estimate of drug-likeness (QED) is 0.871. The molecule has 0 spiro atoms. The van der Waals surface area contributed by atoms with E-state index in [4.69, 9.17) is 4.74 Å². The molecule has 1 aliphatic heterocycles. The van der Waals surface area contributed by atoms with Crippen molar-refractivity contribution >= 4 is 17.0 Å². The molecule has 1 unspecified atom stereocenters. The normalized spacial score (nSPS) is 22.6. The second kappa shape index (κ2) is 5.79. The van der Waals surface area contributed by atoms with Crippen LogP contribution in [-0.2, 0) is 16.0 Å². The molecule has 2 aliphatic rings. The monoisotopic (exact) mass is 316 g/mol. The molecule has 1 atom stereocenters. The first-order valence-electron chi connectivity index (χ1n) is 8.33. The third-order valence-corrected chi connectivity index (χ3v) is 4.93. The Hall–Kier alpha value is -2.18. The van der Waals surface area contributed by atoms with Gasteiger partial charge in [-0.1, -0.05) is 25.7 Å². The van der Waals surface area contributed by atoms with Gasteiger partial charge >= 0.3 is 5.97 Å². The van der Waals surface area contributed by atoms with Crippen LogP contribution < -0.4 is 5.56 Å². The van der Waals surface area contributed by atoms with Gasteiger partial charge in [-0.25, -0.2) is 9.67 Å². The summed E-state index contributed by atoms with van der Waals surface area (Å²) in [7, 11) is 0. The summed E-state index contributed by atoms with van der Waals surface area (Å²) in [6.07, 6.45) is 8.27. The molecule has 23 heavy (non-hydrogen) atoms. The fourth-order valence-electron chi connectivity index (χ4n) is 3.70. The zero-order valence-corrected chi connectivity index (χ0v) is 13.0. The largest absolute Gasteiger partial charge is 0.466 e. The van der Waals surface area contributed by atoms with Crippen LogP contribution in [0.4, 0.5) is 0 Å². The van der Waals surface area contributed by atoms with Crippen LogP contribution >= 0.6 is 0 Å². The number of rotatable bonds is 3. The van der Waals surface area contributed by atoms with Crippen molar-refractivity contribution in [3.63, 3.8) is 0 Å². The molecule has 0 bridgehead atoms. The number of esters is 1. The van der Waals surface area contributed by atoms with Crippen LogP contribution in [0.3, 0.4) is 0 Å². The van der Waals surface area contributed by atoms with E-state index >= 15 is 0 Å². The second-order valence-corrected chi connectivity index (χ2v) is 6.56. The van der Waals surface area contributed by atoms with Crippen molar-refractivity contribution in [2.24, 2.45) is 5.92 Å². The highest BCUT2D eigenvalue weighted by molar-refractivity contribution is 5.74. The van der Waals surface area contributed by atoms with E-state index in [0.717, 1.165) is 12.2 Å². The van der Waals surface area contributed by atoms with Crippen LogP contribution in [0, 0.1) is 5.92 Å². The number of nitrogens with zero attached hydrogens (tertiary/aromatic N) is 3. The summed E-state index contributed by atoms with van der Waals surface area (Å²) in [4.78, 5) is 31.4. The van der Waals surface area contributed by atoms with Gasteiger partial charge in [-0.2, -0.15) is 5.10 Å². The average Bonchev–Trinajstić information content (AvgIpc) is 3.17. The predicted molar refractivity (Wildman–Crippen MR) is 83.0 cm³/mol. The molecule has 2 aromatic rings. The molecule has 7 nitrogen and oxygen atoms in total. The van der Waals surface area contributed by atoms with Crippen LogP contribution in [-0.4, -0.2) is 32.3 Å². The maximum Gasteiger partial charge on any atom is 0.307 e. The van der Waals surface area contributed by atoms with Crippen LogP contribution in [0.1, 0.15) is 50.4 Å². The maximum absolute atomic E-state index is 12.3. The van der Waals surface area contributed by atoms with Crippen LogP contribution in [0.25, 0.3) is 11.0 Å². The first-order valence-corrected chi connectivity index (χ1v) is 8.33. The van der Waals surface area contributed by atoms with Gasteiger partial charge in [0.2, 0.25) is 0 Å².